The molecule has 2 aromatic carbocycles. The zero-order valence-electron chi connectivity index (χ0n) is 19.0. The molecule has 33 heavy (non-hydrogen) atoms. The van der Waals surface area contributed by atoms with E-state index in [2.05, 4.69) is 5.43 Å². The number of ether oxygens (including phenoxy) is 1. The van der Waals surface area contributed by atoms with Crippen LogP contribution in [-0.4, -0.2) is 34.6 Å². The van der Waals surface area contributed by atoms with Crippen molar-refractivity contribution in [1.82, 2.24) is 5.43 Å². The number of nitrogens with one attached hydrogen (secondary N) is 1. The molecule has 0 saturated heterocycles. The van der Waals surface area contributed by atoms with Crippen LogP contribution in [0.4, 0.5) is 10.5 Å². The molecule has 0 fully saturated rings. The number of amides is 2. The second-order valence-corrected chi connectivity index (χ2v) is 8.72. The largest absolute Gasteiger partial charge is 0.481 e. The number of carboxylic acids is 1. The number of nitrogens with zero attached hydrogens (tertiary/aromatic N) is 1. The average Bonchev–Trinajstić information content (AvgIpc) is 2.76. The van der Waals surface area contributed by atoms with Crippen molar-refractivity contribution < 1.29 is 24.2 Å². The van der Waals surface area contributed by atoms with Crippen molar-refractivity contribution in [3.8, 4) is 0 Å². The maximum absolute atomic E-state index is 12.9. The first-order valence-electron chi connectivity index (χ1n) is 10.6. The third-order valence-corrected chi connectivity index (χ3v) is 4.79. The van der Waals surface area contributed by atoms with Crippen molar-refractivity contribution in [2.45, 2.75) is 45.1 Å². The molecule has 2 amide bonds. The Morgan fingerprint density at radius 3 is 2.27 bits per heavy atom. The van der Waals surface area contributed by atoms with Crippen molar-refractivity contribution in [1.29, 1.82) is 0 Å². The first-order chi connectivity index (χ1) is 15.6. The van der Waals surface area contributed by atoms with Gasteiger partial charge >= 0.3 is 12.1 Å². The summed E-state index contributed by atoms with van der Waals surface area (Å²) in [6.45, 7) is 5.19. The minimum atomic E-state index is -0.898. The van der Waals surface area contributed by atoms with Crippen molar-refractivity contribution >= 4 is 41.3 Å². The van der Waals surface area contributed by atoms with Gasteiger partial charge in [-0.1, -0.05) is 42.5 Å². The summed E-state index contributed by atoms with van der Waals surface area (Å²) in [6, 6.07) is 15.6. The standard InChI is InChI=1S/C25H29ClN2O5/c1-25(2,3)33-24(32)27-28(20-8-5-4-6-9-20)22(29)16-13-18-11-14-19(15-12-18)21(23(30)31)10-7-17-26/h4-6,8-9,11-16,21H,7,10,17H2,1-3H3,(H,27,32)(H,30,31)/b16-13+. The number of hydrogen-bond acceptors (Lipinski definition) is 4. The van der Waals surface area contributed by atoms with Gasteiger partial charge in [0, 0.05) is 12.0 Å². The third kappa shape index (κ3) is 8.61. The normalized spacial score (nSPS) is 12.2. The van der Waals surface area contributed by atoms with E-state index in [1.165, 1.54) is 6.08 Å². The second-order valence-electron chi connectivity index (χ2n) is 8.34. The molecule has 0 radical (unpaired) electrons. The van der Waals surface area contributed by atoms with E-state index in [0.717, 1.165) is 5.01 Å². The molecule has 0 aromatic heterocycles. The van der Waals surface area contributed by atoms with Gasteiger partial charge in [-0.3, -0.25) is 9.59 Å². The van der Waals surface area contributed by atoms with Gasteiger partial charge in [0.2, 0.25) is 0 Å². The lowest BCUT2D eigenvalue weighted by molar-refractivity contribution is -0.139. The van der Waals surface area contributed by atoms with E-state index in [4.69, 9.17) is 16.3 Å². The van der Waals surface area contributed by atoms with Gasteiger partial charge in [-0.15, -0.1) is 11.6 Å². The van der Waals surface area contributed by atoms with Crippen LogP contribution in [0.25, 0.3) is 6.08 Å². The molecule has 2 aromatic rings. The van der Waals surface area contributed by atoms with Gasteiger partial charge in [-0.05, 0) is 62.9 Å². The van der Waals surface area contributed by atoms with E-state index in [0.29, 0.717) is 35.5 Å². The van der Waals surface area contributed by atoms with E-state index in [1.807, 2.05) is 0 Å². The summed E-state index contributed by atoms with van der Waals surface area (Å²) >= 11 is 5.69. The molecule has 176 valence electrons. The summed E-state index contributed by atoms with van der Waals surface area (Å²) in [6.07, 6.45) is 3.22. The van der Waals surface area contributed by atoms with Gasteiger partial charge in [0.05, 0.1) is 11.6 Å². The van der Waals surface area contributed by atoms with Crippen molar-refractivity contribution in [2.75, 3.05) is 10.9 Å². The molecule has 8 heteroatoms. The van der Waals surface area contributed by atoms with E-state index >= 15 is 0 Å². The number of hydrazine groups is 1. The van der Waals surface area contributed by atoms with Crippen LogP contribution in [0.5, 0.6) is 0 Å². The van der Waals surface area contributed by atoms with Crippen LogP contribution in [0.1, 0.15) is 50.7 Å². The number of benzene rings is 2. The lowest BCUT2D eigenvalue weighted by Gasteiger charge is -2.25. The number of hydrogen-bond donors (Lipinski definition) is 2. The highest BCUT2D eigenvalue weighted by atomic mass is 35.5. The Labute approximate surface area is 199 Å². The zero-order valence-corrected chi connectivity index (χ0v) is 19.7. The van der Waals surface area contributed by atoms with Crippen molar-refractivity contribution in [3.63, 3.8) is 0 Å². The maximum atomic E-state index is 12.9. The minimum absolute atomic E-state index is 0.405. The predicted octanol–water partition coefficient (Wildman–Crippen LogP) is 5.36. The molecule has 2 rings (SSSR count). The van der Waals surface area contributed by atoms with E-state index < -0.39 is 29.5 Å². The molecular weight excluding hydrogens is 444 g/mol. The van der Waals surface area contributed by atoms with E-state index in [1.54, 1.807) is 81.4 Å². The SMILES string of the molecule is CC(C)(C)OC(=O)NN(C(=O)/C=C/c1ccc(C(CCCCl)C(=O)O)cc1)c1ccccc1. The number of para-hydroxylation sites is 1. The number of carboxylic acid groups (broad SMARTS) is 1. The Balaban J connectivity index is 2.16. The number of alkyl halides is 1. The highest BCUT2D eigenvalue weighted by Crippen LogP contribution is 2.23. The molecule has 0 saturated carbocycles. The summed E-state index contributed by atoms with van der Waals surface area (Å²) < 4.78 is 5.26. The number of aliphatic carboxylic acids is 1. The van der Waals surface area contributed by atoms with Gasteiger partial charge in [-0.25, -0.2) is 15.2 Å². The summed E-state index contributed by atoms with van der Waals surface area (Å²) in [7, 11) is 0. The molecule has 0 bridgehead atoms. The molecule has 1 atom stereocenters. The van der Waals surface area contributed by atoms with Gasteiger partial charge in [0.15, 0.2) is 0 Å². The quantitative estimate of drug-likeness (QED) is 0.306. The number of halogens is 1. The fourth-order valence-electron chi connectivity index (χ4n) is 3.01. The van der Waals surface area contributed by atoms with Crippen molar-refractivity contribution in [3.05, 3.63) is 71.8 Å². The molecule has 7 nitrogen and oxygen atoms in total. The number of rotatable bonds is 8. The van der Waals surface area contributed by atoms with Crippen LogP contribution in [0.3, 0.4) is 0 Å². The Hall–Kier alpha value is -3.32. The van der Waals surface area contributed by atoms with Crippen LogP contribution in [0.2, 0.25) is 0 Å². The number of anilines is 1. The molecule has 0 aliphatic rings. The van der Waals surface area contributed by atoms with Gasteiger partial charge in [0.1, 0.15) is 5.60 Å². The Morgan fingerprint density at radius 1 is 1.09 bits per heavy atom. The predicted molar refractivity (Wildman–Crippen MR) is 129 cm³/mol. The van der Waals surface area contributed by atoms with Gasteiger partial charge in [-0.2, -0.15) is 0 Å². The fourth-order valence-corrected chi connectivity index (χ4v) is 3.17. The topological polar surface area (TPSA) is 95.9 Å². The van der Waals surface area contributed by atoms with Crippen LogP contribution in [0, 0.1) is 0 Å². The smallest absolute Gasteiger partial charge is 0.427 e. The minimum Gasteiger partial charge on any atom is -0.481 e. The number of carbonyl (C=O) groups excluding carboxylic acids is 2. The highest BCUT2D eigenvalue weighted by molar-refractivity contribution is 6.17. The lowest BCUT2D eigenvalue weighted by Crippen LogP contribution is -2.47. The Kier molecular flexibility index (Phi) is 9.48. The Morgan fingerprint density at radius 2 is 1.73 bits per heavy atom. The highest BCUT2D eigenvalue weighted by Gasteiger charge is 2.22. The van der Waals surface area contributed by atoms with Crippen LogP contribution in [-0.2, 0) is 14.3 Å². The summed E-state index contributed by atoms with van der Waals surface area (Å²) in [4.78, 5) is 36.7. The first kappa shape index (κ1) is 25.9. The molecule has 0 aliphatic heterocycles. The van der Waals surface area contributed by atoms with Crippen LogP contribution < -0.4 is 10.4 Å². The van der Waals surface area contributed by atoms with Gasteiger partial charge in [0.25, 0.3) is 5.91 Å². The molecule has 1 unspecified atom stereocenters. The van der Waals surface area contributed by atoms with Gasteiger partial charge < -0.3 is 9.84 Å². The van der Waals surface area contributed by atoms with Crippen LogP contribution in [0.15, 0.2) is 60.7 Å². The van der Waals surface area contributed by atoms with Crippen molar-refractivity contribution in [2.24, 2.45) is 0 Å². The second kappa shape index (κ2) is 12.1. The monoisotopic (exact) mass is 472 g/mol. The lowest BCUT2D eigenvalue weighted by atomic mass is 9.94. The average molecular weight is 473 g/mol. The van der Waals surface area contributed by atoms with E-state index in [9.17, 15) is 19.5 Å². The molecular formula is C25H29ClN2O5. The molecule has 0 spiro atoms. The summed E-state index contributed by atoms with van der Waals surface area (Å²) in [5.74, 6) is -1.61. The maximum Gasteiger partial charge on any atom is 0.427 e. The molecule has 0 aliphatic carbocycles. The van der Waals surface area contributed by atoms with Crippen LogP contribution >= 0.6 is 11.6 Å². The summed E-state index contributed by atoms with van der Waals surface area (Å²) in [5, 5.41) is 10.6. The fraction of sp³-hybridized carbons (Fsp3) is 0.320. The molecule has 0 heterocycles. The Bertz CT molecular complexity index is 969. The molecule has 2 N–H and O–H groups in total. The van der Waals surface area contributed by atoms with E-state index in [-0.39, 0.29) is 0 Å². The first-order valence-corrected chi connectivity index (χ1v) is 11.1. The summed E-state index contributed by atoms with van der Waals surface area (Å²) in [5.41, 5.74) is 3.61. The third-order valence-electron chi connectivity index (χ3n) is 4.52. The number of carbonyl (C=O) groups is 3. The zero-order chi connectivity index (χ0) is 24.4.